The Morgan fingerprint density at radius 3 is 2.52 bits per heavy atom. The third-order valence-corrected chi connectivity index (χ3v) is 3.82. The summed E-state index contributed by atoms with van der Waals surface area (Å²) in [4.78, 5) is 11.4. The first kappa shape index (κ1) is 13.5. The average molecular weight is 284 g/mol. The maximum Gasteiger partial charge on any atom is 0.313 e. The van der Waals surface area contributed by atoms with Crippen molar-refractivity contribution in [2.24, 2.45) is 0 Å². The van der Waals surface area contributed by atoms with Crippen LogP contribution in [-0.4, -0.2) is 17.9 Å². The second-order valence-electron chi connectivity index (χ2n) is 5.58. The van der Waals surface area contributed by atoms with E-state index < -0.39 is 11.4 Å². The third kappa shape index (κ3) is 2.33. The summed E-state index contributed by atoms with van der Waals surface area (Å²) in [6.07, 6.45) is 0. The molecule has 1 aliphatic rings. The monoisotopic (exact) mass is 284 g/mol. The molecule has 0 bridgehead atoms. The van der Waals surface area contributed by atoms with Crippen LogP contribution in [0.5, 0.6) is 11.5 Å². The van der Waals surface area contributed by atoms with Crippen LogP contribution in [-0.2, 0) is 10.2 Å². The highest BCUT2D eigenvalue weighted by molar-refractivity contribution is 5.81. The van der Waals surface area contributed by atoms with Gasteiger partial charge in [-0.05, 0) is 42.7 Å². The average Bonchev–Trinajstić information content (AvgIpc) is 2.94. The first-order valence-corrected chi connectivity index (χ1v) is 6.72. The number of carboxylic acid groups (broad SMARTS) is 1. The lowest BCUT2D eigenvalue weighted by Crippen LogP contribution is -2.28. The van der Waals surface area contributed by atoms with Gasteiger partial charge < -0.3 is 14.6 Å². The topological polar surface area (TPSA) is 55.8 Å². The maximum absolute atomic E-state index is 11.4. The Kier molecular flexibility index (Phi) is 3.09. The van der Waals surface area contributed by atoms with Crippen molar-refractivity contribution in [1.29, 1.82) is 0 Å². The lowest BCUT2D eigenvalue weighted by molar-refractivity contribution is -0.142. The van der Waals surface area contributed by atoms with Crippen molar-refractivity contribution in [3.63, 3.8) is 0 Å². The quantitative estimate of drug-likeness (QED) is 0.938. The van der Waals surface area contributed by atoms with E-state index in [1.165, 1.54) is 0 Å². The summed E-state index contributed by atoms with van der Waals surface area (Å²) in [5.41, 5.74) is 1.78. The molecule has 0 atom stereocenters. The SMILES string of the molecule is CC(C)(C(=O)O)c1cccc(-c2ccc3c(c2)OCO3)c1. The molecule has 3 rings (SSSR count). The van der Waals surface area contributed by atoms with Gasteiger partial charge in [0.05, 0.1) is 5.41 Å². The Hall–Kier alpha value is -2.49. The predicted octanol–water partition coefficient (Wildman–Crippen LogP) is 3.44. The highest BCUT2D eigenvalue weighted by Gasteiger charge is 2.29. The van der Waals surface area contributed by atoms with Gasteiger partial charge in [0.1, 0.15) is 0 Å². The van der Waals surface area contributed by atoms with Crippen LogP contribution in [0, 0.1) is 0 Å². The van der Waals surface area contributed by atoms with E-state index in [0.717, 1.165) is 28.2 Å². The fraction of sp³-hybridized carbons (Fsp3) is 0.235. The first-order valence-electron chi connectivity index (χ1n) is 6.72. The van der Waals surface area contributed by atoms with Crippen LogP contribution in [0.4, 0.5) is 0 Å². The second kappa shape index (κ2) is 4.81. The van der Waals surface area contributed by atoms with Gasteiger partial charge >= 0.3 is 5.97 Å². The molecule has 0 aliphatic carbocycles. The Labute approximate surface area is 122 Å². The van der Waals surface area contributed by atoms with E-state index in [-0.39, 0.29) is 6.79 Å². The summed E-state index contributed by atoms with van der Waals surface area (Å²) in [6, 6.07) is 13.3. The molecule has 1 aliphatic heterocycles. The number of fused-ring (bicyclic) bond motifs is 1. The fourth-order valence-electron chi connectivity index (χ4n) is 2.29. The standard InChI is InChI=1S/C17H16O4/c1-17(2,16(18)19)13-5-3-4-11(8-13)12-6-7-14-15(9-12)21-10-20-14/h3-9H,10H2,1-2H3,(H,18,19). The molecule has 0 spiro atoms. The van der Waals surface area contributed by atoms with Crippen molar-refractivity contribution in [2.75, 3.05) is 6.79 Å². The molecule has 0 aromatic heterocycles. The van der Waals surface area contributed by atoms with Crippen LogP contribution in [0.25, 0.3) is 11.1 Å². The number of rotatable bonds is 3. The molecule has 1 N–H and O–H groups in total. The highest BCUT2D eigenvalue weighted by Crippen LogP contribution is 2.36. The van der Waals surface area contributed by atoms with Gasteiger partial charge in [-0.2, -0.15) is 0 Å². The van der Waals surface area contributed by atoms with E-state index in [4.69, 9.17) is 9.47 Å². The minimum absolute atomic E-state index is 0.241. The van der Waals surface area contributed by atoms with E-state index in [1.54, 1.807) is 13.8 Å². The van der Waals surface area contributed by atoms with Crippen molar-refractivity contribution in [2.45, 2.75) is 19.3 Å². The van der Waals surface area contributed by atoms with Crippen LogP contribution >= 0.6 is 0 Å². The van der Waals surface area contributed by atoms with Crippen molar-refractivity contribution in [3.05, 3.63) is 48.0 Å². The van der Waals surface area contributed by atoms with Crippen molar-refractivity contribution < 1.29 is 19.4 Å². The Bertz CT molecular complexity index is 704. The minimum Gasteiger partial charge on any atom is -0.481 e. The van der Waals surface area contributed by atoms with Crippen LogP contribution in [0.3, 0.4) is 0 Å². The fourth-order valence-corrected chi connectivity index (χ4v) is 2.29. The molecule has 4 heteroatoms. The van der Waals surface area contributed by atoms with E-state index >= 15 is 0 Å². The maximum atomic E-state index is 11.4. The number of hydrogen-bond acceptors (Lipinski definition) is 3. The number of carboxylic acids is 1. The summed E-state index contributed by atoms with van der Waals surface area (Å²) in [5, 5.41) is 9.35. The molecule has 1 heterocycles. The summed E-state index contributed by atoms with van der Waals surface area (Å²) < 4.78 is 10.7. The zero-order chi connectivity index (χ0) is 15.0. The zero-order valence-corrected chi connectivity index (χ0v) is 11.9. The largest absolute Gasteiger partial charge is 0.481 e. The van der Waals surface area contributed by atoms with Gasteiger partial charge in [0.25, 0.3) is 0 Å². The number of benzene rings is 2. The zero-order valence-electron chi connectivity index (χ0n) is 11.9. The van der Waals surface area contributed by atoms with Crippen LogP contribution in [0.2, 0.25) is 0 Å². The molecular formula is C17H16O4. The highest BCUT2D eigenvalue weighted by atomic mass is 16.7. The molecular weight excluding hydrogens is 268 g/mol. The summed E-state index contributed by atoms with van der Waals surface area (Å²) >= 11 is 0. The van der Waals surface area contributed by atoms with Gasteiger partial charge in [0.15, 0.2) is 11.5 Å². The van der Waals surface area contributed by atoms with Gasteiger partial charge in [0.2, 0.25) is 6.79 Å². The normalized spacial score (nSPS) is 13.2. The lowest BCUT2D eigenvalue weighted by atomic mass is 9.83. The van der Waals surface area contributed by atoms with Crippen molar-refractivity contribution in [3.8, 4) is 22.6 Å². The van der Waals surface area contributed by atoms with Gasteiger partial charge in [-0.15, -0.1) is 0 Å². The lowest BCUT2D eigenvalue weighted by Gasteiger charge is -2.20. The molecule has 0 saturated heterocycles. The molecule has 2 aromatic carbocycles. The van der Waals surface area contributed by atoms with Gasteiger partial charge in [-0.1, -0.05) is 30.3 Å². The summed E-state index contributed by atoms with van der Waals surface area (Å²) in [7, 11) is 0. The van der Waals surface area contributed by atoms with E-state index in [0.29, 0.717) is 0 Å². The minimum atomic E-state index is -0.924. The van der Waals surface area contributed by atoms with E-state index in [1.807, 2.05) is 42.5 Å². The van der Waals surface area contributed by atoms with Gasteiger partial charge in [-0.3, -0.25) is 4.79 Å². The Morgan fingerprint density at radius 1 is 1.05 bits per heavy atom. The Balaban J connectivity index is 2.02. The predicted molar refractivity (Wildman–Crippen MR) is 78.7 cm³/mol. The molecule has 21 heavy (non-hydrogen) atoms. The van der Waals surface area contributed by atoms with E-state index in [9.17, 15) is 9.90 Å². The van der Waals surface area contributed by atoms with Crippen LogP contribution in [0.15, 0.2) is 42.5 Å². The molecule has 0 amide bonds. The Morgan fingerprint density at radius 2 is 1.76 bits per heavy atom. The second-order valence-corrected chi connectivity index (χ2v) is 5.58. The first-order chi connectivity index (χ1) is 9.98. The molecule has 0 radical (unpaired) electrons. The summed E-state index contributed by atoms with van der Waals surface area (Å²) in [5.74, 6) is 0.613. The van der Waals surface area contributed by atoms with Crippen LogP contribution < -0.4 is 9.47 Å². The van der Waals surface area contributed by atoms with Gasteiger partial charge in [0, 0.05) is 0 Å². The van der Waals surface area contributed by atoms with Gasteiger partial charge in [-0.25, -0.2) is 0 Å². The molecule has 108 valence electrons. The number of ether oxygens (including phenoxy) is 2. The molecule has 4 nitrogen and oxygen atoms in total. The number of carbonyl (C=O) groups is 1. The van der Waals surface area contributed by atoms with Crippen LogP contribution in [0.1, 0.15) is 19.4 Å². The molecule has 0 unspecified atom stereocenters. The molecule has 0 saturated carbocycles. The van der Waals surface area contributed by atoms with Crippen molar-refractivity contribution in [1.82, 2.24) is 0 Å². The third-order valence-electron chi connectivity index (χ3n) is 3.82. The number of aliphatic carboxylic acids is 1. The molecule has 0 fully saturated rings. The smallest absolute Gasteiger partial charge is 0.313 e. The van der Waals surface area contributed by atoms with E-state index in [2.05, 4.69) is 0 Å². The summed E-state index contributed by atoms with van der Waals surface area (Å²) in [6.45, 7) is 3.65. The van der Waals surface area contributed by atoms with Crippen molar-refractivity contribution >= 4 is 5.97 Å². The number of hydrogen-bond donors (Lipinski definition) is 1. The molecule has 2 aromatic rings.